The van der Waals surface area contributed by atoms with Crippen LogP contribution in [0.3, 0.4) is 0 Å². The van der Waals surface area contributed by atoms with Crippen LogP contribution >= 0.6 is 0 Å². The smallest absolute Gasteiger partial charge is 0.407 e. The van der Waals surface area contributed by atoms with Crippen molar-refractivity contribution in [3.8, 4) is 0 Å². The Bertz CT molecular complexity index is 710. The van der Waals surface area contributed by atoms with E-state index in [4.69, 9.17) is 4.74 Å². The SMILES string of the molecule is CN1Cc2c(ncnc2N2CCC(CNC(=O)OC(C)(C)C)CC2)NC1=O. The number of fused-ring (bicyclic) bond motifs is 1. The quantitative estimate of drug-likeness (QED) is 0.839. The van der Waals surface area contributed by atoms with Crippen molar-refractivity contribution in [1.29, 1.82) is 0 Å². The number of piperidine rings is 1. The Morgan fingerprint density at radius 2 is 2.04 bits per heavy atom. The largest absolute Gasteiger partial charge is 0.444 e. The molecule has 0 aromatic carbocycles. The van der Waals surface area contributed by atoms with Crippen molar-refractivity contribution in [3.05, 3.63) is 11.9 Å². The molecule has 1 fully saturated rings. The van der Waals surface area contributed by atoms with Gasteiger partial charge in [0.1, 0.15) is 23.6 Å². The number of alkyl carbamates (subject to hydrolysis) is 1. The van der Waals surface area contributed by atoms with E-state index >= 15 is 0 Å². The Labute approximate surface area is 159 Å². The first-order chi connectivity index (χ1) is 12.7. The van der Waals surface area contributed by atoms with Crippen molar-refractivity contribution in [1.82, 2.24) is 20.2 Å². The van der Waals surface area contributed by atoms with E-state index in [9.17, 15) is 9.59 Å². The van der Waals surface area contributed by atoms with Gasteiger partial charge in [-0.3, -0.25) is 5.32 Å². The lowest BCUT2D eigenvalue weighted by Crippen LogP contribution is -2.42. The molecule has 0 aliphatic carbocycles. The van der Waals surface area contributed by atoms with Crippen LogP contribution in [0.2, 0.25) is 0 Å². The fraction of sp³-hybridized carbons (Fsp3) is 0.667. The van der Waals surface area contributed by atoms with Crippen LogP contribution in [-0.2, 0) is 11.3 Å². The minimum absolute atomic E-state index is 0.154. The number of hydrogen-bond acceptors (Lipinski definition) is 6. The van der Waals surface area contributed by atoms with Crippen LogP contribution in [0.5, 0.6) is 0 Å². The second-order valence-corrected chi connectivity index (χ2v) is 8.12. The molecule has 9 nitrogen and oxygen atoms in total. The lowest BCUT2D eigenvalue weighted by atomic mass is 9.96. The normalized spacial score (nSPS) is 18.0. The molecule has 2 aliphatic heterocycles. The highest BCUT2D eigenvalue weighted by Gasteiger charge is 2.28. The van der Waals surface area contributed by atoms with Crippen molar-refractivity contribution in [2.24, 2.45) is 5.92 Å². The van der Waals surface area contributed by atoms with Gasteiger partial charge in [-0.2, -0.15) is 0 Å². The van der Waals surface area contributed by atoms with E-state index < -0.39 is 5.60 Å². The highest BCUT2D eigenvalue weighted by atomic mass is 16.6. The Morgan fingerprint density at radius 3 is 2.70 bits per heavy atom. The van der Waals surface area contributed by atoms with E-state index in [0.717, 1.165) is 37.3 Å². The molecule has 1 aromatic rings. The minimum atomic E-state index is -0.484. The number of nitrogens with one attached hydrogen (secondary N) is 2. The average Bonchev–Trinajstić information content (AvgIpc) is 2.60. The summed E-state index contributed by atoms with van der Waals surface area (Å²) < 4.78 is 5.28. The van der Waals surface area contributed by atoms with Crippen molar-refractivity contribution in [2.45, 2.75) is 45.8 Å². The van der Waals surface area contributed by atoms with Crippen LogP contribution in [0.25, 0.3) is 0 Å². The van der Waals surface area contributed by atoms with E-state index in [2.05, 4.69) is 25.5 Å². The summed E-state index contributed by atoms with van der Waals surface area (Å²) in [6.07, 6.45) is 3.04. The fourth-order valence-electron chi connectivity index (χ4n) is 3.33. The van der Waals surface area contributed by atoms with Gasteiger partial charge in [0.15, 0.2) is 0 Å². The second kappa shape index (κ2) is 7.58. The lowest BCUT2D eigenvalue weighted by molar-refractivity contribution is 0.0516. The Balaban J connectivity index is 1.55. The van der Waals surface area contributed by atoms with Crippen LogP contribution in [0, 0.1) is 5.92 Å². The topological polar surface area (TPSA) is 99.7 Å². The van der Waals surface area contributed by atoms with Crippen LogP contribution in [0.1, 0.15) is 39.2 Å². The van der Waals surface area contributed by atoms with E-state index in [1.165, 1.54) is 6.33 Å². The van der Waals surface area contributed by atoms with Crippen LogP contribution in [0.15, 0.2) is 6.33 Å². The van der Waals surface area contributed by atoms with Gasteiger partial charge >= 0.3 is 12.1 Å². The first-order valence-corrected chi connectivity index (χ1v) is 9.31. The number of rotatable bonds is 3. The summed E-state index contributed by atoms with van der Waals surface area (Å²) in [4.78, 5) is 36.1. The summed E-state index contributed by atoms with van der Waals surface area (Å²) >= 11 is 0. The van der Waals surface area contributed by atoms with Crippen LogP contribution in [0.4, 0.5) is 21.2 Å². The van der Waals surface area contributed by atoms with E-state index in [0.29, 0.717) is 24.8 Å². The molecule has 148 valence electrons. The van der Waals surface area contributed by atoms with Gasteiger partial charge in [-0.1, -0.05) is 0 Å². The molecule has 9 heteroatoms. The average molecular weight is 376 g/mol. The molecule has 0 radical (unpaired) electrons. The van der Waals surface area contributed by atoms with Gasteiger partial charge in [0.05, 0.1) is 12.1 Å². The summed E-state index contributed by atoms with van der Waals surface area (Å²) in [7, 11) is 1.75. The molecular formula is C18H28N6O3. The number of hydrogen-bond donors (Lipinski definition) is 2. The van der Waals surface area contributed by atoms with Gasteiger partial charge in [0.25, 0.3) is 0 Å². The van der Waals surface area contributed by atoms with Gasteiger partial charge in [-0.15, -0.1) is 0 Å². The maximum Gasteiger partial charge on any atom is 0.407 e. The zero-order valence-electron chi connectivity index (χ0n) is 16.4. The third-order valence-electron chi connectivity index (χ3n) is 4.74. The van der Waals surface area contributed by atoms with E-state index in [1.54, 1.807) is 11.9 Å². The number of carbonyl (C=O) groups excluding carboxylic acids is 2. The van der Waals surface area contributed by atoms with Crippen molar-refractivity contribution >= 4 is 23.8 Å². The zero-order valence-corrected chi connectivity index (χ0v) is 16.4. The highest BCUT2D eigenvalue weighted by molar-refractivity contribution is 5.91. The number of urea groups is 1. The third-order valence-corrected chi connectivity index (χ3v) is 4.74. The summed E-state index contributed by atoms with van der Waals surface area (Å²) in [6.45, 7) is 8.37. The number of nitrogens with zero attached hydrogens (tertiary/aromatic N) is 4. The lowest BCUT2D eigenvalue weighted by Gasteiger charge is -2.35. The number of carbonyl (C=O) groups is 2. The molecule has 1 saturated heterocycles. The first-order valence-electron chi connectivity index (χ1n) is 9.31. The van der Waals surface area contributed by atoms with Crippen molar-refractivity contribution in [3.63, 3.8) is 0 Å². The molecular weight excluding hydrogens is 348 g/mol. The summed E-state index contributed by atoms with van der Waals surface area (Å²) in [6, 6.07) is -0.154. The second-order valence-electron chi connectivity index (χ2n) is 8.12. The zero-order chi connectivity index (χ0) is 19.6. The van der Waals surface area contributed by atoms with Crippen molar-refractivity contribution in [2.75, 3.05) is 36.9 Å². The number of aromatic nitrogens is 2. The van der Waals surface area contributed by atoms with Crippen LogP contribution < -0.4 is 15.5 Å². The number of ether oxygens (including phenoxy) is 1. The van der Waals surface area contributed by atoms with Gasteiger partial charge in [0, 0.05) is 26.7 Å². The Kier molecular flexibility index (Phi) is 5.38. The molecule has 0 atom stereocenters. The number of amides is 3. The molecule has 0 saturated carbocycles. The molecule has 3 heterocycles. The molecule has 0 bridgehead atoms. The monoisotopic (exact) mass is 376 g/mol. The molecule has 3 rings (SSSR count). The van der Waals surface area contributed by atoms with Crippen molar-refractivity contribution < 1.29 is 14.3 Å². The fourth-order valence-corrected chi connectivity index (χ4v) is 3.33. The van der Waals surface area contributed by atoms with Crippen LogP contribution in [-0.4, -0.2) is 59.3 Å². The Hall–Kier alpha value is -2.58. The molecule has 0 spiro atoms. The Morgan fingerprint density at radius 1 is 1.33 bits per heavy atom. The first kappa shape index (κ1) is 19.2. The van der Waals surface area contributed by atoms with E-state index in [1.807, 2.05) is 20.8 Å². The standard InChI is InChI=1S/C18H28N6O3/c1-18(2,3)27-17(26)19-9-12-5-7-24(8-6-12)15-13-10-23(4)16(25)22-14(13)20-11-21-15/h11-12H,5-10H2,1-4H3,(H,19,26)(H,20,21,22,25). The summed E-state index contributed by atoms with van der Waals surface area (Å²) in [5.41, 5.74) is 0.465. The van der Waals surface area contributed by atoms with Gasteiger partial charge < -0.3 is 19.9 Å². The maximum absolute atomic E-state index is 11.8. The van der Waals surface area contributed by atoms with Gasteiger partial charge in [0.2, 0.25) is 0 Å². The predicted molar refractivity (Wildman–Crippen MR) is 102 cm³/mol. The maximum atomic E-state index is 11.8. The highest BCUT2D eigenvalue weighted by Crippen LogP contribution is 2.30. The summed E-state index contributed by atoms with van der Waals surface area (Å²) in [5.74, 6) is 1.89. The minimum Gasteiger partial charge on any atom is -0.444 e. The molecule has 27 heavy (non-hydrogen) atoms. The molecule has 2 aliphatic rings. The third kappa shape index (κ3) is 4.78. The summed E-state index contributed by atoms with van der Waals surface area (Å²) in [5, 5.41) is 5.66. The molecule has 3 amide bonds. The molecule has 2 N–H and O–H groups in total. The molecule has 1 aromatic heterocycles. The predicted octanol–water partition coefficient (Wildman–Crippen LogP) is 2.19. The van der Waals surface area contributed by atoms with Gasteiger partial charge in [-0.25, -0.2) is 19.6 Å². The molecule has 0 unspecified atom stereocenters. The number of anilines is 2. The van der Waals surface area contributed by atoms with E-state index in [-0.39, 0.29) is 12.1 Å². The van der Waals surface area contributed by atoms with Gasteiger partial charge in [-0.05, 0) is 39.5 Å².